The van der Waals surface area contributed by atoms with Crippen LogP contribution in [-0.2, 0) is 14.6 Å². The fourth-order valence-corrected chi connectivity index (χ4v) is 5.01. The predicted octanol–water partition coefficient (Wildman–Crippen LogP) is 4.76. The highest BCUT2D eigenvalue weighted by atomic mass is 32.2. The van der Waals surface area contributed by atoms with Gasteiger partial charge in [0.2, 0.25) is 5.91 Å². The van der Waals surface area contributed by atoms with Crippen LogP contribution in [0.2, 0.25) is 0 Å². The van der Waals surface area contributed by atoms with Crippen molar-refractivity contribution in [2.24, 2.45) is 0 Å². The Morgan fingerprint density at radius 3 is 2.74 bits per heavy atom. The Morgan fingerprint density at radius 2 is 1.97 bits per heavy atom. The molecule has 1 N–H and O–H groups in total. The number of rotatable bonds is 8. The molecule has 7 nitrogen and oxygen atoms in total. The second-order valence-electron chi connectivity index (χ2n) is 6.69. The molecule has 0 aliphatic carbocycles. The van der Waals surface area contributed by atoms with Gasteiger partial charge in [0.05, 0.1) is 17.3 Å². The van der Waals surface area contributed by atoms with Crippen molar-refractivity contribution in [3.63, 3.8) is 0 Å². The van der Waals surface area contributed by atoms with Crippen LogP contribution in [0.15, 0.2) is 69.3 Å². The molecule has 1 amide bonds. The van der Waals surface area contributed by atoms with Crippen molar-refractivity contribution >= 4 is 43.2 Å². The molecule has 0 unspecified atom stereocenters. The molecule has 0 saturated heterocycles. The predicted molar refractivity (Wildman–Crippen MR) is 120 cm³/mol. The Bertz CT molecular complexity index is 1310. The minimum atomic E-state index is -3.51. The van der Waals surface area contributed by atoms with Gasteiger partial charge in [-0.05, 0) is 31.2 Å². The first-order valence-corrected chi connectivity index (χ1v) is 12.2. The SMILES string of the molecule is CCOc1cccc2cc(-c3csc(NC(=O)CCS(=O)(=O)c4ccccc4)n3)oc12. The number of ether oxygens (including phenoxy) is 1. The lowest BCUT2D eigenvalue weighted by Gasteiger charge is -2.04. The molecule has 0 saturated carbocycles. The van der Waals surface area contributed by atoms with Gasteiger partial charge in [-0.1, -0.05) is 30.3 Å². The zero-order chi connectivity index (χ0) is 21.8. The minimum absolute atomic E-state index is 0.158. The van der Waals surface area contributed by atoms with Gasteiger partial charge in [-0.3, -0.25) is 4.79 Å². The molecule has 2 heterocycles. The van der Waals surface area contributed by atoms with E-state index in [1.165, 1.54) is 23.5 Å². The first-order valence-electron chi connectivity index (χ1n) is 9.65. The van der Waals surface area contributed by atoms with Crippen molar-refractivity contribution in [1.29, 1.82) is 0 Å². The molecule has 0 spiro atoms. The van der Waals surface area contributed by atoms with Gasteiger partial charge in [-0.25, -0.2) is 13.4 Å². The normalized spacial score (nSPS) is 11.5. The smallest absolute Gasteiger partial charge is 0.227 e. The number of hydrogen-bond acceptors (Lipinski definition) is 7. The summed E-state index contributed by atoms with van der Waals surface area (Å²) in [5.74, 6) is 0.536. The van der Waals surface area contributed by atoms with Crippen LogP contribution in [-0.4, -0.2) is 31.7 Å². The number of nitrogens with one attached hydrogen (secondary N) is 1. The highest BCUT2D eigenvalue weighted by molar-refractivity contribution is 7.91. The molecule has 2 aromatic heterocycles. The molecule has 0 atom stereocenters. The maximum absolute atomic E-state index is 12.3. The van der Waals surface area contributed by atoms with Crippen molar-refractivity contribution in [1.82, 2.24) is 4.98 Å². The zero-order valence-electron chi connectivity index (χ0n) is 16.7. The van der Waals surface area contributed by atoms with E-state index in [2.05, 4.69) is 10.3 Å². The van der Waals surface area contributed by atoms with E-state index in [1.54, 1.807) is 23.6 Å². The average Bonchev–Trinajstić information content (AvgIpc) is 3.41. The molecular formula is C22H20N2O5S2. The van der Waals surface area contributed by atoms with E-state index < -0.39 is 15.7 Å². The van der Waals surface area contributed by atoms with Crippen molar-refractivity contribution in [2.75, 3.05) is 17.7 Å². The Kier molecular flexibility index (Phi) is 6.06. The summed E-state index contributed by atoms with van der Waals surface area (Å²) in [6, 6.07) is 15.6. The van der Waals surface area contributed by atoms with Crippen molar-refractivity contribution in [3.8, 4) is 17.2 Å². The van der Waals surface area contributed by atoms with E-state index in [0.717, 1.165) is 5.39 Å². The van der Waals surface area contributed by atoms with Crippen LogP contribution in [0.1, 0.15) is 13.3 Å². The van der Waals surface area contributed by atoms with Gasteiger partial charge in [-0.2, -0.15) is 0 Å². The molecule has 0 aliphatic heterocycles. The maximum Gasteiger partial charge on any atom is 0.227 e. The monoisotopic (exact) mass is 456 g/mol. The molecule has 0 bridgehead atoms. The van der Waals surface area contributed by atoms with Gasteiger partial charge in [0, 0.05) is 17.2 Å². The van der Waals surface area contributed by atoms with E-state index >= 15 is 0 Å². The minimum Gasteiger partial charge on any atom is -0.490 e. The van der Waals surface area contributed by atoms with E-state index in [1.807, 2.05) is 31.2 Å². The lowest BCUT2D eigenvalue weighted by molar-refractivity contribution is -0.115. The van der Waals surface area contributed by atoms with Gasteiger partial charge in [0.15, 0.2) is 32.1 Å². The number of amides is 1. The third kappa shape index (κ3) is 4.78. The van der Waals surface area contributed by atoms with Crippen LogP contribution in [0.25, 0.3) is 22.4 Å². The molecule has 0 radical (unpaired) electrons. The largest absolute Gasteiger partial charge is 0.490 e. The Labute approximate surface area is 183 Å². The van der Waals surface area contributed by atoms with E-state index in [4.69, 9.17) is 9.15 Å². The first-order chi connectivity index (χ1) is 15.0. The third-order valence-corrected chi connectivity index (χ3v) is 7.00. The topological polar surface area (TPSA) is 98.5 Å². The van der Waals surface area contributed by atoms with Gasteiger partial charge in [0.1, 0.15) is 5.69 Å². The van der Waals surface area contributed by atoms with Crippen molar-refractivity contribution in [2.45, 2.75) is 18.2 Å². The summed E-state index contributed by atoms with van der Waals surface area (Å²) >= 11 is 1.24. The number of sulfone groups is 1. The third-order valence-electron chi connectivity index (χ3n) is 4.51. The number of hydrogen-bond donors (Lipinski definition) is 1. The second kappa shape index (κ2) is 8.91. The van der Waals surface area contributed by atoms with Gasteiger partial charge in [-0.15, -0.1) is 11.3 Å². The van der Waals surface area contributed by atoms with Crippen LogP contribution in [0.5, 0.6) is 5.75 Å². The highest BCUT2D eigenvalue weighted by Crippen LogP contribution is 2.34. The fraction of sp³-hybridized carbons (Fsp3) is 0.182. The second-order valence-corrected chi connectivity index (χ2v) is 9.65. The molecule has 160 valence electrons. The maximum atomic E-state index is 12.3. The molecule has 0 aliphatic rings. The zero-order valence-corrected chi connectivity index (χ0v) is 18.3. The number of fused-ring (bicyclic) bond motifs is 1. The number of nitrogens with zero attached hydrogens (tertiary/aromatic N) is 1. The summed E-state index contributed by atoms with van der Waals surface area (Å²) in [4.78, 5) is 16.8. The number of furan rings is 1. The molecule has 4 rings (SSSR count). The summed E-state index contributed by atoms with van der Waals surface area (Å²) in [5.41, 5.74) is 1.22. The van der Waals surface area contributed by atoms with E-state index in [9.17, 15) is 13.2 Å². The summed E-state index contributed by atoms with van der Waals surface area (Å²) in [5, 5.41) is 5.70. The number of thiazole rings is 1. The van der Waals surface area contributed by atoms with E-state index in [0.29, 0.717) is 34.5 Å². The van der Waals surface area contributed by atoms with Gasteiger partial charge < -0.3 is 14.5 Å². The molecule has 31 heavy (non-hydrogen) atoms. The standard InChI is InChI=1S/C22H20N2O5S2/c1-2-28-18-10-6-7-15-13-19(29-21(15)18)17-14-30-22(23-17)24-20(25)11-12-31(26,27)16-8-4-3-5-9-16/h3-10,13-14H,2,11-12H2,1H3,(H,23,24,25). The van der Waals surface area contributed by atoms with E-state index in [-0.39, 0.29) is 17.1 Å². The number of benzene rings is 2. The molecule has 4 aromatic rings. The van der Waals surface area contributed by atoms with Crippen LogP contribution >= 0.6 is 11.3 Å². The Hall–Kier alpha value is -3.17. The lowest BCUT2D eigenvalue weighted by atomic mass is 10.2. The van der Waals surface area contributed by atoms with Crippen LogP contribution < -0.4 is 10.1 Å². The molecule has 9 heteroatoms. The summed E-state index contributed by atoms with van der Waals surface area (Å²) in [6.45, 7) is 2.44. The number of anilines is 1. The number of aromatic nitrogens is 1. The van der Waals surface area contributed by atoms with Crippen LogP contribution in [0.4, 0.5) is 5.13 Å². The van der Waals surface area contributed by atoms with Crippen molar-refractivity contribution < 1.29 is 22.4 Å². The van der Waals surface area contributed by atoms with Crippen molar-refractivity contribution in [3.05, 3.63) is 60.0 Å². The Balaban J connectivity index is 1.43. The molecular weight excluding hydrogens is 436 g/mol. The average molecular weight is 457 g/mol. The summed E-state index contributed by atoms with van der Waals surface area (Å²) < 4.78 is 36.2. The van der Waals surface area contributed by atoms with Gasteiger partial charge >= 0.3 is 0 Å². The lowest BCUT2D eigenvalue weighted by Crippen LogP contribution is -2.17. The molecule has 0 fully saturated rings. The van der Waals surface area contributed by atoms with Gasteiger partial charge in [0.25, 0.3) is 0 Å². The quantitative estimate of drug-likeness (QED) is 0.411. The molecule has 2 aromatic carbocycles. The number of carbonyl (C=O) groups excluding carboxylic acids is 1. The highest BCUT2D eigenvalue weighted by Gasteiger charge is 2.18. The number of carbonyl (C=O) groups is 1. The first kappa shape index (κ1) is 21.1. The van der Waals surface area contributed by atoms with Crippen LogP contribution in [0, 0.1) is 0 Å². The van der Waals surface area contributed by atoms with Crippen LogP contribution in [0.3, 0.4) is 0 Å². The summed E-state index contributed by atoms with van der Waals surface area (Å²) in [7, 11) is -3.51. The number of para-hydroxylation sites is 1. The fourth-order valence-electron chi connectivity index (χ4n) is 3.03. The summed E-state index contributed by atoms with van der Waals surface area (Å²) in [6.07, 6.45) is -0.158. The Morgan fingerprint density at radius 1 is 1.16 bits per heavy atom.